The fourth-order valence-corrected chi connectivity index (χ4v) is 9.34. The second-order valence-corrected chi connectivity index (χ2v) is 12.6. The van der Waals surface area contributed by atoms with Crippen LogP contribution in [0.2, 0.25) is 18.1 Å². The monoisotopic (exact) mass is 404 g/mol. The van der Waals surface area contributed by atoms with Crippen molar-refractivity contribution in [1.29, 1.82) is 0 Å². The first-order chi connectivity index (χ1) is 12.1. The zero-order chi connectivity index (χ0) is 18.7. The van der Waals surface area contributed by atoms with Crippen molar-refractivity contribution in [3.63, 3.8) is 0 Å². The molecule has 0 saturated carbocycles. The van der Waals surface area contributed by atoms with E-state index in [9.17, 15) is 0 Å². The summed E-state index contributed by atoms with van der Waals surface area (Å²) in [4.78, 5) is 0. The summed E-state index contributed by atoms with van der Waals surface area (Å²) in [5.74, 6) is 0. The number of hydrogen-bond acceptors (Lipinski definition) is 6. The van der Waals surface area contributed by atoms with Gasteiger partial charge in [0.25, 0.3) is 0 Å². The molecule has 0 aliphatic heterocycles. The molecule has 0 spiro atoms. The Bertz CT molecular complexity index is 416. The Kier molecular flexibility index (Phi) is 11.0. The maximum absolute atomic E-state index is 5.66. The van der Waals surface area contributed by atoms with Crippen LogP contribution in [-0.4, -0.2) is 70.5 Å². The van der Waals surface area contributed by atoms with Crippen molar-refractivity contribution < 1.29 is 26.6 Å². The topological polar surface area (TPSA) is 55.4 Å². The van der Waals surface area contributed by atoms with Crippen LogP contribution in [0.15, 0.2) is 30.3 Å². The van der Waals surface area contributed by atoms with Gasteiger partial charge in [-0.15, -0.1) is 0 Å². The highest BCUT2D eigenvalue weighted by molar-refractivity contribution is 6.49. The molecule has 0 aromatic heterocycles. The molecule has 0 N–H and O–H groups in total. The average molecular weight is 405 g/mol. The highest BCUT2D eigenvalue weighted by atomic mass is 28.3. The lowest BCUT2D eigenvalue weighted by atomic mass is 9.86. The van der Waals surface area contributed by atoms with Crippen LogP contribution in [0, 0.1) is 0 Å². The molecule has 0 radical (unpaired) electrons. The van der Waals surface area contributed by atoms with Gasteiger partial charge in [0.15, 0.2) is 0 Å². The van der Waals surface area contributed by atoms with Gasteiger partial charge in [-0.2, -0.15) is 0 Å². The Morgan fingerprint density at radius 2 is 0.920 bits per heavy atom. The summed E-state index contributed by atoms with van der Waals surface area (Å²) in [6.45, 7) is 0. The van der Waals surface area contributed by atoms with E-state index in [1.165, 1.54) is 5.56 Å². The van der Waals surface area contributed by atoms with E-state index in [4.69, 9.17) is 26.6 Å². The lowest BCUT2D eigenvalue weighted by Crippen LogP contribution is -2.43. The third kappa shape index (κ3) is 6.70. The smallest absolute Gasteiger partial charge is 0.321 e. The minimum Gasteiger partial charge on any atom is -0.400 e. The summed E-state index contributed by atoms with van der Waals surface area (Å²) in [6, 6.07) is 12.9. The number of benzene rings is 1. The second kappa shape index (κ2) is 12.1. The highest BCUT2D eigenvalue weighted by Gasteiger charge is 2.42. The molecule has 144 valence electrons. The second-order valence-electron chi connectivity index (χ2n) is 5.96. The molecule has 0 heterocycles. The predicted molar refractivity (Wildman–Crippen MR) is 106 cm³/mol. The summed E-state index contributed by atoms with van der Waals surface area (Å²) in [5.41, 5.74) is 1.04. The van der Waals surface area contributed by atoms with Crippen LogP contribution in [0.5, 0.6) is 0 Å². The molecule has 1 rings (SSSR count). The summed E-state index contributed by atoms with van der Waals surface area (Å²) < 4.78 is 34.0. The summed E-state index contributed by atoms with van der Waals surface area (Å²) in [6.07, 6.45) is 0. The molecule has 0 saturated heterocycles. The molecule has 0 aliphatic carbocycles. The van der Waals surface area contributed by atoms with Crippen molar-refractivity contribution in [2.45, 2.75) is 23.5 Å². The van der Waals surface area contributed by atoms with Crippen molar-refractivity contribution >= 4 is 27.9 Å². The maximum Gasteiger partial charge on any atom is 0.321 e. The Morgan fingerprint density at radius 3 is 1.20 bits per heavy atom. The van der Waals surface area contributed by atoms with Crippen LogP contribution in [0.25, 0.3) is 0 Å². The Hall–Kier alpha value is -0.369. The number of hydrogen-bond donors (Lipinski definition) is 0. The van der Waals surface area contributed by atoms with Gasteiger partial charge in [0.2, 0.25) is 0 Å². The van der Waals surface area contributed by atoms with E-state index >= 15 is 0 Å². The first-order valence-corrected chi connectivity index (χ1v) is 13.6. The van der Waals surface area contributed by atoms with Crippen molar-refractivity contribution in [1.82, 2.24) is 0 Å². The molecule has 0 fully saturated rings. The average Bonchev–Trinajstić information content (AvgIpc) is 2.68. The minimum atomic E-state index is -1.83. The van der Waals surface area contributed by atoms with Gasteiger partial charge in [-0.1, -0.05) is 30.3 Å². The molecular formula is C16H32O6Si3. The Morgan fingerprint density at radius 1 is 0.600 bits per heavy atom. The van der Waals surface area contributed by atoms with Gasteiger partial charge >= 0.3 is 27.9 Å². The van der Waals surface area contributed by atoms with Crippen LogP contribution in [-0.2, 0) is 32.0 Å². The molecule has 1 aromatic carbocycles. The van der Waals surface area contributed by atoms with Gasteiger partial charge < -0.3 is 26.6 Å². The molecule has 0 bridgehead atoms. The van der Waals surface area contributed by atoms with Gasteiger partial charge in [-0.3, -0.25) is 0 Å². The molecule has 9 heteroatoms. The molecule has 0 amide bonds. The fourth-order valence-electron chi connectivity index (χ4n) is 3.14. The Labute approximate surface area is 156 Å². The van der Waals surface area contributed by atoms with Gasteiger partial charge in [-0.25, -0.2) is 0 Å². The maximum atomic E-state index is 5.66. The Balaban J connectivity index is 3.33. The van der Waals surface area contributed by atoms with Crippen LogP contribution in [0.4, 0.5) is 0 Å². The zero-order valence-corrected chi connectivity index (χ0v) is 19.7. The largest absolute Gasteiger partial charge is 0.400 e. The van der Waals surface area contributed by atoms with Gasteiger partial charge in [0.05, 0.1) is 0 Å². The molecule has 0 atom stereocenters. The van der Waals surface area contributed by atoms with E-state index < -0.39 is 27.9 Å². The molecule has 1 aromatic rings. The van der Waals surface area contributed by atoms with Crippen LogP contribution < -0.4 is 0 Å². The van der Waals surface area contributed by atoms with Crippen LogP contribution in [0.3, 0.4) is 0 Å². The van der Waals surface area contributed by atoms with Crippen LogP contribution in [0.1, 0.15) is 5.56 Å². The van der Waals surface area contributed by atoms with Gasteiger partial charge in [0.1, 0.15) is 0 Å². The molecule has 6 nitrogen and oxygen atoms in total. The normalized spacial score (nSPS) is 12.5. The lowest BCUT2D eigenvalue weighted by molar-refractivity contribution is 0.240. The fraction of sp³-hybridized carbons (Fsp3) is 0.625. The van der Waals surface area contributed by atoms with E-state index in [0.717, 1.165) is 18.1 Å². The first-order valence-electron chi connectivity index (χ1n) is 8.31. The van der Waals surface area contributed by atoms with Crippen LogP contribution >= 0.6 is 0 Å². The van der Waals surface area contributed by atoms with Gasteiger partial charge in [-0.05, 0) is 23.7 Å². The van der Waals surface area contributed by atoms with E-state index in [1.807, 2.05) is 6.07 Å². The van der Waals surface area contributed by atoms with Gasteiger partial charge in [0, 0.05) is 48.1 Å². The molecule has 0 aliphatic rings. The van der Waals surface area contributed by atoms with E-state index in [-0.39, 0.29) is 5.41 Å². The quantitative estimate of drug-likeness (QED) is 0.464. The summed E-state index contributed by atoms with van der Waals surface area (Å²) in [5, 5.41) is 0. The first kappa shape index (κ1) is 22.7. The lowest BCUT2D eigenvalue weighted by Gasteiger charge is -2.38. The van der Waals surface area contributed by atoms with E-state index in [0.29, 0.717) is 0 Å². The van der Waals surface area contributed by atoms with Crippen molar-refractivity contribution in [2.24, 2.45) is 0 Å². The van der Waals surface area contributed by atoms with E-state index in [1.54, 1.807) is 42.7 Å². The predicted octanol–water partition coefficient (Wildman–Crippen LogP) is 1.46. The molecule has 25 heavy (non-hydrogen) atoms. The summed E-state index contributed by atoms with van der Waals surface area (Å²) >= 11 is 0. The van der Waals surface area contributed by atoms with Crippen molar-refractivity contribution in [2.75, 3.05) is 42.7 Å². The minimum absolute atomic E-state index is 0.198. The highest BCUT2D eigenvalue weighted by Crippen LogP contribution is 2.41. The SMILES string of the molecule is CO[SiH](CC(C[SiH](OC)OC)(C[SiH](OC)OC)c1ccccc1)OC. The summed E-state index contributed by atoms with van der Waals surface area (Å²) in [7, 11) is 4.85. The molecule has 0 unspecified atom stereocenters. The van der Waals surface area contributed by atoms with Crippen molar-refractivity contribution in [3.05, 3.63) is 35.9 Å². The third-order valence-corrected chi connectivity index (χ3v) is 11.1. The van der Waals surface area contributed by atoms with Crippen molar-refractivity contribution in [3.8, 4) is 0 Å². The molecular weight excluding hydrogens is 372 g/mol. The zero-order valence-electron chi connectivity index (χ0n) is 16.2. The number of rotatable bonds is 13. The van der Waals surface area contributed by atoms with E-state index in [2.05, 4.69) is 24.3 Å². The standard InChI is InChI=1S/C16H32O6Si3/c1-17-23(18-2)12-16(13-24(19-3)20-4,14-25(21-5)22-6)15-10-8-7-9-11-15/h7-11,23-25H,12-14H2,1-6H3. The third-order valence-electron chi connectivity index (χ3n) is 4.64.